The first kappa shape index (κ1) is 20.4. The molecule has 0 bridgehead atoms. The van der Waals surface area contributed by atoms with Crippen molar-refractivity contribution in [3.8, 4) is 0 Å². The van der Waals surface area contributed by atoms with Crippen molar-refractivity contribution in [1.82, 2.24) is 24.5 Å². The van der Waals surface area contributed by atoms with E-state index in [0.717, 1.165) is 34.3 Å². The van der Waals surface area contributed by atoms with Gasteiger partial charge in [-0.05, 0) is 50.1 Å². The standard InChI is InChI=1S/C23H20F3N5O/c1-14-10-20(23(24,25)26)31-21(28-14)12-19(29-31)17-5-3-9-30(13-17)22(32)16-6-7-18-15(11-16)4-2-8-27-18/h2,4,6-8,10-12,17H,3,5,9,13H2,1H3. The number of aromatic nitrogens is 4. The highest BCUT2D eigenvalue weighted by molar-refractivity contribution is 5.98. The summed E-state index contributed by atoms with van der Waals surface area (Å²) >= 11 is 0. The van der Waals surface area contributed by atoms with Gasteiger partial charge in [-0.25, -0.2) is 9.50 Å². The first-order valence-corrected chi connectivity index (χ1v) is 10.4. The lowest BCUT2D eigenvalue weighted by Crippen LogP contribution is -2.39. The van der Waals surface area contributed by atoms with Gasteiger partial charge in [0.15, 0.2) is 5.65 Å². The summed E-state index contributed by atoms with van der Waals surface area (Å²) in [6.07, 6.45) is -1.34. The maximum atomic E-state index is 13.5. The van der Waals surface area contributed by atoms with Gasteiger partial charge in [0.1, 0.15) is 5.69 Å². The van der Waals surface area contributed by atoms with Crippen LogP contribution in [0.1, 0.15) is 46.2 Å². The van der Waals surface area contributed by atoms with Crippen LogP contribution in [-0.2, 0) is 6.18 Å². The van der Waals surface area contributed by atoms with Crippen molar-refractivity contribution < 1.29 is 18.0 Å². The average molecular weight is 439 g/mol. The van der Waals surface area contributed by atoms with E-state index in [0.29, 0.717) is 24.3 Å². The van der Waals surface area contributed by atoms with Crippen LogP contribution in [0.15, 0.2) is 48.7 Å². The molecular formula is C23H20F3N5O. The Kier molecular flexibility index (Phi) is 4.83. The number of hydrogen-bond acceptors (Lipinski definition) is 4. The second kappa shape index (κ2) is 7.58. The van der Waals surface area contributed by atoms with E-state index in [1.165, 1.54) is 6.92 Å². The largest absolute Gasteiger partial charge is 0.433 e. The molecule has 0 saturated carbocycles. The molecular weight excluding hydrogens is 419 g/mol. The molecule has 32 heavy (non-hydrogen) atoms. The van der Waals surface area contributed by atoms with Gasteiger partial charge in [0.05, 0.1) is 11.2 Å². The van der Waals surface area contributed by atoms with E-state index in [9.17, 15) is 18.0 Å². The van der Waals surface area contributed by atoms with E-state index in [4.69, 9.17) is 0 Å². The van der Waals surface area contributed by atoms with Crippen molar-refractivity contribution in [1.29, 1.82) is 0 Å². The van der Waals surface area contributed by atoms with Crippen molar-refractivity contribution in [3.05, 3.63) is 71.3 Å². The number of amides is 1. The smallest absolute Gasteiger partial charge is 0.338 e. The van der Waals surface area contributed by atoms with Crippen LogP contribution in [0.2, 0.25) is 0 Å². The van der Waals surface area contributed by atoms with Gasteiger partial charge in [0.2, 0.25) is 0 Å². The number of carbonyl (C=O) groups excluding carboxylic acids is 1. The highest BCUT2D eigenvalue weighted by Gasteiger charge is 2.35. The van der Waals surface area contributed by atoms with Gasteiger partial charge in [-0.2, -0.15) is 18.3 Å². The molecule has 3 aromatic heterocycles. The molecule has 0 N–H and O–H groups in total. The van der Waals surface area contributed by atoms with Crippen LogP contribution < -0.4 is 0 Å². The Hall–Kier alpha value is -3.49. The number of hydrogen-bond donors (Lipinski definition) is 0. The SMILES string of the molecule is Cc1cc(C(F)(F)F)n2nc(C3CCCN(C(=O)c4ccc5ncccc5c4)C3)cc2n1. The highest BCUT2D eigenvalue weighted by Crippen LogP contribution is 2.32. The fourth-order valence-electron chi connectivity index (χ4n) is 4.31. The van der Waals surface area contributed by atoms with Crippen molar-refractivity contribution in [3.63, 3.8) is 0 Å². The number of alkyl halides is 3. The molecule has 9 heteroatoms. The Morgan fingerprint density at radius 3 is 2.81 bits per heavy atom. The van der Waals surface area contributed by atoms with E-state index in [2.05, 4.69) is 15.1 Å². The molecule has 1 aliphatic heterocycles. The average Bonchev–Trinajstić information content (AvgIpc) is 3.21. The summed E-state index contributed by atoms with van der Waals surface area (Å²) in [5.41, 5.74) is 1.50. The molecule has 4 heterocycles. The number of piperidine rings is 1. The first-order chi connectivity index (χ1) is 15.3. The molecule has 6 nitrogen and oxygen atoms in total. The molecule has 4 aromatic rings. The molecule has 1 aliphatic rings. The van der Waals surface area contributed by atoms with Gasteiger partial charge < -0.3 is 4.90 Å². The summed E-state index contributed by atoms with van der Waals surface area (Å²) < 4.78 is 41.3. The summed E-state index contributed by atoms with van der Waals surface area (Å²) in [5, 5.41) is 5.12. The number of benzene rings is 1. The third kappa shape index (κ3) is 3.68. The van der Waals surface area contributed by atoms with Crippen molar-refractivity contribution in [2.24, 2.45) is 0 Å². The summed E-state index contributed by atoms with van der Waals surface area (Å²) in [6, 6.07) is 11.7. The molecule has 0 aliphatic carbocycles. The fraction of sp³-hybridized carbons (Fsp3) is 0.304. The lowest BCUT2D eigenvalue weighted by molar-refractivity contribution is -0.142. The molecule has 1 aromatic carbocycles. The molecule has 164 valence electrons. The van der Waals surface area contributed by atoms with Gasteiger partial charge in [-0.3, -0.25) is 9.78 Å². The van der Waals surface area contributed by atoms with Crippen molar-refractivity contribution in [2.75, 3.05) is 13.1 Å². The number of carbonyl (C=O) groups is 1. The predicted molar refractivity (Wildman–Crippen MR) is 112 cm³/mol. The number of likely N-dealkylation sites (tertiary alicyclic amines) is 1. The van der Waals surface area contributed by atoms with Crippen LogP contribution in [0.25, 0.3) is 16.6 Å². The molecule has 0 radical (unpaired) electrons. The topological polar surface area (TPSA) is 63.4 Å². The van der Waals surface area contributed by atoms with E-state index in [1.807, 2.05) is 24.3 Å². The lowest BCUT2D eigenvalue weighted by atomic mass is 9.94. The zero-order valence-corrected chi connectivity index (χ0v) is 17.3. The maximum Gasteiger partial charge on any atom is 0.433 e. The maximum absolute atomic E-state index is 13.5. The molecule has 1 saturated heterocycles. The molecule has 5 rings (SSSR count). The second-order valence-electron chi connectivity index (χ2n) is 8.12. The van der Waals surface area contributed by atoms with Gasteiger partial charge in [0.25, 0.3) is 5.91 Å². The number of nitrogens with zero attached hydrogens (tertiary/aromatic N) is 5. The van der Waals surface area contributed by atoms with Crippen LogP contribution in [-0.4, -0.2) is 43.5 Å². The Balaban J connectivity index is 1.43. The van der Waals surface area contributed by atoms with Crippen molar-refractivity contribution in [2.45, 2.75) is 31.9 Å². The molecule has 0 spiro atoms. The minimum absolute atomic E-state index is 0.103. The summed E-state index contributed by atoms with van der Waals surface area (Å²) in [7, 11) is 0. The molecule has 1 amide bonds. The highest BCUT2D eigenvalue weighted by atomic mass is 19.4. The fourth-order valence-corrected chi connectivity index (χ4v) is 4.31. The number of rotatable bonds is 2. The minimum atomic E-state index is -4.53. The molecule has 1 unspecified atom stereocenters. The minimum Gasteiger partial charge on any atom is -0.338 e. The van der Waals surface area contributed by atoms with E-state index >= 15 is 0 Å². The number of halogens is 3. The zero-order valence-electron chi connectivity index (χ0n) is 17.3. The summed E-state index contributed by atoms with van der Waals surface area (Å²) in [6.45, 7) is 2.52. The van der Waals surface area contributed by atoms with Gasteiger partial charge >= 0.3 is 6.18 Å². The quantitative estimate of drug-likeness (QED) is 0.457. The van der Waals surface area contributed by atoms with Crippen LogP contribution in [0.3, 0.4) is 0 Å². The van der Waals surface area contributed by atoms with E-state index in [1.54, 1.807) is 23.2 Å². The van der Waals surface area contributed by atoms with Crippen LogP contribution in [0.4, 0.5) is 13.2 Å². The first-order valence-electron chi connectivity index (χ1n) is 10.4. The predicted octanol–water partition coefficient (Wildman–Crippen LogP) is 4.62. The third-order valence-corrected chi connectivity index (χ3v) is 5.84. The Morgan fingerprint density at radius 2 is 2.00 bits per heavy atom. The Morgan fingerprint density at radius 1 is 1.16 bits per heavy atom. The second-order valence-corrected chi connectivity index (χ2v) is 8.12. The van der Waals surface area contributed by atoms with Gasteiger partial charge in [-0.1, -0.05) is 6.07 Å². The van der Waals surface area contributed by atoms with Crippen LogP contribution >= 0.6 is 0 Å². The Labute approximate surface area is 181 Å². The number of fused-ring (bicyclic) bond motifs is 2. The summed E-state index contributed by atoms with van der Waals surface area (Å²) in [4.78, 5) is 23.4. The normalized spacial score (nSPS) is 17.2. The van der Waals surface area contributed by atoms with Crippen LogP contribution in [0, 0.1) is 6.92 Å². The van der Waals surface area contributed by atoms with Crippen LogP contribution in [0.5, 0.6) is 0 Å². The number of aryl methyl sites for hydroxylation is 1. The molecule has 1 fully saturated rings. The lowest BCUT2D eigenvalue weighted by Gasteiger charge is -2.32. The molecule has 1 atom stereocenters. The van der Waals surface area contributed by atoms with E-state index < -0.39 is 11.9 Å². The summed E-state index contributed by atoms with van der Waals surface area (Å²) in [5.74, 6) is -0.257. The third-order valence-electron chi connectivity index (χ3n) is 5.84. The van der Waals surface area contributed by atoms with E-state index in [-0.39, 0.29) is 23.2 Å². The van der Waals surface area contributed by atoms with Gasteiger partial charge in [0, 0.05) is 47.9 Å². The number of pyridine rings is 1. The van der Waals surface area contributed by atoms with Crippen molar-refractivity contribution >= 4 is 22.5 Å². The monoisotopic (exact) mass is 439 g/mol. The Bertz CT molecular complexity index is 1330. The zero-order chi connectivity index (χ0) is 22.5. The van der Waals surface area contributed by atoms with Gasteiger partial charge in [-0.15, -0.1) is 0 Å².